The summed E-state index contributed by atoms with van der Waals surface area (Å²) in [6.07, 6.45) is 3.05. The third-order valence-electron chi connectivity index (χ3n) is 3.70. The van der Waals surface area contributed by atoms with E-state index in [1.165, 1.54) is 12.8 Å². The topological polar surface area (TPSA) is 49.6 Å². The Kier molecular flexibility index (Phi) is 6.02. The number of nitrogens with two attached hydrogens (primary N) is 1. The summed E-state index contributed by atoms with van der Waals surface area (Å²) < 4.78 is 0. The molecular weight excluding hydrogens is 246 g/mol. The summed E-state index contributed by atoms with van der Waals surface area (Å²) in [5.74, 6) is 0.850. The Morgan fingerprint density at radius 1 is 1.44 bits per heavy atom. The minimum absolute atomic E-state index is 0.159. The van der Waals surface area contributed by atoms with Crippen molar-refractivity contribution in [3.63, 3.8) is 0 Å². The van der Waals surface area contributed by atoms with E-state index in [0.29, 0.717) is 36.5 Å². The predicted octanol–water partition coefficient (Wildman–Crippen LogP) is 1.24. The maximum atomic E-state index is 12.1. The summed E-state index contributed by atoms with van der Waals surface area (Å²) in [5.41, 5.74) is 5.45. The number of thiocarbonyl (C=S) groups is 1. The van der Waals surface area contributed by atoms with Crippen molar-refractivity contribution in [2.24, 2.45) is 11.7 Å². The van der Waals surface area contributed by atoms with Crippen molar-refractivity contribution in [2.45, 2.75) is 39.2 Å². The van der Waals surface area contributed by atoms with Gasteiger partial charge in [0, 0.05) is 32.6 Å². The number of amides is 1. The van der Waals surface area contributed by atoms with E-state index in [1.54, 1.807) is 4.90 Å². The Hall–Kier alpha value is -0.680. The van der Waals surface area contributed by atoms with Gasteiger partial charge < -0.3 is 10.6 Å². The van der Waals surface area contributed by atoms with Gasteiger partial charge in [-0.25, -0.2) is 0 Å². The molecule has 1 fully saturated rings. The van der Waals surface area contributed by atoms with Crippen LogP contribution in [0.2, 0.25) is 0 Å². The minimum Gasteiger partial charge on any atom is -0.393 e. The molecule has 1 rings (SSSR count). The lowest BCUT2D eigenvalue weighted by atomic mass is 9.95. The molecule has 1 aliphatic heterocycles. The number of carbonyl (C=O) groups excluding carboxylic acids is 1. The highest BCUT2D eigenvalue weighted by Gasteiger charge is 2.25. The van der Waals surface area contributed by atoms with Crippen LogP contribution in [0, 0.1) is 5.92 Å². The van der Waals surface area contributed by atoms with E-state index in [-0.39, 0.29) is 5.91 Å². The first-order valence-corrected chi connectivity index (χ1v) is 7.07. The van der Waals surface area contributed by atoms with Gasteiger partial charge in [0.05, 0.1) is 11.5 Å². The molecule has 1 aliphatic rings. The molecule has 1 amide bonds. The van der Waals surface area contributed by atoms with Gasteiger partial charge in [0.15, 0.2) is 0 Å². The molecule has 18 heavy (non-hydrogen) atoms. The van der Waals surface area contributed by atoms with Crippen molar-refractivity contribution in [2.75, 3.05) is 26.7 Å². The molecule has 5 heteroatoms. The third kappa shape index (κ3) is 4.90. The summed E-state index contributed by atoms with van der Waals surface area (Å²) in [5, 5.41) is 0. The number of likely N-dealkylation sites (tertiary alicyclic amines) is 1. The summed E-state index contributed by atoms with van der Waals surface area (Å²) in [7, 11) is 1.82. The lowest BCUT2D eigenvalue weighted by Gasteiger charge is -2.37. The van der Waals surface area contributed by atoms with E-state index in [2.05, 4.69) is 18.7 Å². The molecule has 0 saturated carbocycles. The molecule has 104 valence electrons. The van der Waals surface area contributed by atoms with Gasteiger partial charge in [-0.2, -0.15) is 0 Å². The van der Waals surface area contributed by atoms with Crippen LogP contribution < -0.4 is 5.73 Å². The van der Waals surface area contributed by atoms with Crippen molar-refractivity contribution in [1.29, 1.82) is 0 Å². The van der Waals surface area contributed by atoms with Gasteiger partial charge in [0.1, 0.15) is 0 Å². The van der Waals surface area contributed by atoms with Gasteiger partial charge in [-0.3, -0.25) is 9.69 Å². The molecule has 4 nitrogen and oxygen atoms in total. The second kappa shape index (κ2) is 7.04. The van der Waals surface area contributed by atoms with Crippen LogP contribution in [-0.4, -0.2) is 53.4 Å². The molecule has 1 heterocycles. The molecule has 0 aromatic rings. The molecule has 0 aromatic heterocycles. The standard InChI is InChI=1S/C13H25N3OS/c1-10-4-5-11(2)16(8-10)9-13(17)15(3)7-6-12(14)18/h10-11H,4-9H2,1-3H3,(H2,14,18). The maximum Gasteiger partial charge on any atom is 0.236 e. The van der Waals surface area contributed by atoms with Crippen LogP contribution in [0.15, 0.2) is 0 Å². The summed E-state index contributed by atoms with van der Waals surface area (Å²) >= 11 is 4.83. The zero-order valence-corrected chi connectivity index (χ0v) is 12.5. The predicted molar refractivity (Wildman–Crippen MR) is 78.5 cm³/mol. The average Bonchev–Trinajstić information content (AvgIpc) is 2.30. The Morgan fingerprint density at radius 3 is 2.72 bits per heavy atom. The zero-order chi connectivity index (χ0) is 13.7. The average molecular weight is 271 g/mol. The van der Waals surface area contributed by atoms with Crippen LogP contribution in [0.1, 0.15) is 33.1 Å². The fraction of sp³-hybridized carbons (Fsp3) is 0.846. The van der Waals surface area contributed by atoms with Gasteiger partial charge in [0.2, 0.25) is 5.91 Å². The maximum absolute atomic E-state index is 12.1. The summed E-state index contributed by atoms with van der Waals surface area (Å²) in [6, 6.07) is 0.508. The van der Waals surface area contributed by atoms with Crippen molar-refractivity contribution in [3.8, 4) is 0 Å². The van der Waals surface area contributed by atoms with Gasteiger partial charge in [-0.15, -0.1) is 0 Å². The van der Waals surface area contributed by atoms with E-state index < -0.39 is 0 Å². The largest absolute Gasteiger partial charge is 0.393 e. The number of piperidine rings is 1. The van der Waals surface area contributed by atoms with Crippen LogP contribution in [0.25, 0.3) is 0 Å². The number of nitrogens with zero attached hydrogens (tertiary/aromatic N) is 2. The van der Waals surface area contributed by atoms with Crippen molar-refractivity contribution >= 4 is 23.1 Å². The fourth-order valence-corrected chi connectivity index (χ4v) is 2.39. The lowest BCUT2D eigenvalue weighted by molar-refractivity contribution is -0.132. The van der Waals surface area contributed by atoms with Crippen molar-refractivity contribution < 1.29 is 4.79 Å². The number of hydrogen-bond donors (Lipinski definition) is 1. The van der Waals surface area contributed by atoms with E-state index in [9.17, 15) is 4.79 Å². The Balaban J connectivity index is 2.40. The molecule has 2 N–H and O–H groups in total. The SMILES string of the molecule is CC1CCC(C)N(CC(=O)N(C)CCC(N)=S)C1. The van der Waals surface area contributed by atoms with E-state index >= 15 is 0 Å². The molecule has 2 atom stereocenters. The summed E-state index contributed by atoms with van der Waals surface area (Å²) in [4.78, 5) is 16.6. The summed E-state index contributed by atoms with van der Waals surface area (Å²) in [6.45, 7) is 6.61. The van der Waals surface area contributed by atoms with E-state index in [1.807, 2.05) is 7.05 Å². The quantitative estimate of drug-likeness (QED) is 0.764. The number of carbonyl (C=O) groups is 1. The molecule has 0 spiro atoms. The monoisotopic (exact) mass is 271 g/mol. The van der Waals surface area contributed by atoms with Crippen LogP contribution in [-0.2, 0) is 4.79 Å². The second-order valence-corrected chi connectivity index (χ2v) is 6.02. The van der Waals surface area contributed by atoms with Crippen LogP contribution in [0.5, 0.6) is 0 Å². The molecule has 0 aromatic carbocycles. The second-order valence-electron chi connectivity index (χ2n) is 5.49. The molecule has 0 aliphatic carbocycles. The normalized spacial score (nSPS) is 24.8. The Morgan fingerprint density at radius 2 is 2.11 bits per heavy atom. The fourth-order valence-electron chi connectivity index (χ4n) is 2.30. The zero-order valence-electron chi connectivity index (χ0n) is 11.7. The molecule has 0 bridgehead atoms. The first-order valence-electron chi connectivity index (χ1n) is 6.66. The first kappa shape index (κ1) is 15.4. The highest BCUT2D eigenvalue weighted by atomic mass is 32.1. The molecular formula is C13H25N3OS. The van der Waals surface area contributed by atoms with E-state index in [4.69, 9.17) is 18.0 Å². The van der Waals surface area contributed by atoms with Gasteiger partial charge in [-0.05, 0) is 25.7 Å². The smallest absolute Gasteiger partial charge is 0.236 e. The van der Waals surface area contributed by atoms with Crippen molar-refractivity contribution in [3.05, 3.63) is 0 Å². The lowest BCUT2D eigenvalue weighted by Crippen LogP contribution is -2.47. The van der Waals surface area contributed by atoms with E-state index in [0.717, 1.165) is 6.54 Å². The van der Waals surface area contributed by atoms with Crippen molar-refractivity contribution in [1.82, 2.24) is 9.80 Å². The van der Waals surface area contributed by atoms with Gasteiger partial charge in [0.25, 0.3) is 0 Å². The van der Waals surface area contributed by atoms with Gasteiger partial charge in [-0.1, -0.05) is 19.1 Å². The third-order valence-corrected chi connectivity index (χ3v) is 3.91. The van der Waals surface area contributed by atoms with Crippen LogP contribution >= 0.6 is 12.2 Å². The molecule has 1 saturated heterocycles. The highest BCUT2D eigenvalue weighted by molar-refractivity contribution is 7.80. The highest BCUT2D eigenvalue weighted by Crippen LogP contribution is 2.20. The van der Waals surface area contributed by atoms with Crippen LogP contribution in [0.4, 0.5) is 0 Å². The number of hydrogen-bond acceptors (Lipinski definition) is 3. The molecule has 0 radical (unpaired) electrons. The van der Waals surface area contributed by atoms with Gasteiger partial charge >= 0.3 is 0 Å². The number of rotatable bonds is 5. The Labute approximate surface area is 115 Å². The minimum atomic E-state index is 0.159. The Bertz CT molecular complexity index is 309. The number of likely N-dealkylation sites (N-methyl/N-ethyl adjacent to an activating group) is 1. The molecule has 2 unspecified atom stereocenters. The van der Waals surface area contributed by atoms with Crippen LogP contribution in [0.3, 0.4) is 0 Å². The first-order chi connectivity index (χ1) is 8.40.